The minimum Gasteiger partial charge on any atom is -0.497 e. The van der Waals surface area contributed by atoms with Gasteiger partial charge in [0.15, 0.2) is 0 Å². The van der Waals surface area contributed by atoms with Gasteiger partial charge >= 0.3 is 5.63 Å². The molecule has 3 aromatic carbocycles. The zero-order valence-corrected chi connectivity index (χ0v) is 18.2. The summed E-state index contributed by atoms with van der Waals surface area (Å²) < 4.78 is 10.6. The highest BCUT2D eigenvalue weighted by molar-refractivity contribution is 6.04. The van der Waals surface area contributed by atoms with Gasteiger partial charge in [0.05, 0.1) is 7.11 Å². The molecule has 1 amide bonds. The molecule has 0 radical (unpaired) electrons. The second kappa shape index (κ2) is 8.98. The fourth-order valence-electron chi connectivity index (χ4n) is 3.49. The molecule has 32 heavy (non-hydrogen) atoms. The number of rotatable bonds is 6. The first kappa shape index (κ1) is 21.2. The van der Waals surface area contributed by atoms with Crippen LogP contribution in [0.15, 0.2) is 75.9 Å². The molecule has 0 spiro atoms. The molecule has 4 aromatic rings. The Morgan fingerprint density at radius 1 is 0.938 bits per heavy atom. The van der Waals surface area contributed by atoms with Crippen LogP contribution < -0.4 is 21.0 Å². The third kappa shape index (κ3) is 4.49. The van der Waals surface area contributed by atoms with Crippen LogP contribution in [0, 0.1) is 13.8 Å². The van der Waals surface area contributed by atoms with E-state index in [9.17, 15) is 9.59 Å². The van der Waals surface area contributed by atoms with Crippen LogP contribution in [-0.4, -0.2) is 13.0 Å². The van der Waals surface area contributed by atoms with E-state index in [0.29, 0.717) is 23.4 Å². The number of hydrogen-bond acceptors (Lipinski definition) is 5. The van der Waals surface area contributed by atoms with Gasteiger partial charge < -0.3 is 19.8 Å². The molecule has 0 aliphatic rings. The molecule has 0 fully saturated rings. The fourth-order valence-corrected chi connectivity index (χ4v) is 3.49. The summed E-state index contributed by atoms with van der Waals surface area (Å²) in [5.41, 5.74) is 5.25. The van der Waals surface area contributed by atoms with E-state index in [2.05, 4.69) is 10.6 Å². The van der Waals surface area contributed by atoms with Gasteiger partial charge in [-0.25, -0.2) is 4.79 Å². The van der Waals surface area contributed by atoms with Crippen molar-refractivity contribution < 1.29 is 13.9 Å². The molecule has 0 bridgehead atoms. The Morgan fingerprint density at radius 2 is 1.62 bits per heavy atom. The van der Waals surface area contributed by atoms with E-state index in [-0.39, 0.29) is 11.5 Å². The summed E-state index contributed by atoms with van der Waals surface area (Å²) in [6.45, 7) is 4.40. The second-order valence-corrected chi connectivity index (χ2v) is 7.59. The van der Waals surface area contributed by atoms with E-state index in [1.54, 1.807) is 43.5 Å². The van der Waals surface area contributed by atoms with Crippen molar-refractivity contribution in [2.45, 2.75) is 20.4 Å². The molecule has 0 aliphatic heterocycles. The molecule has 162 valence electrons. The Balaban J connectivity index is 1.46. The molecular weight excluding hydrogens is 404 g/mol. The predicted molar refractivity (Wildman–Crippen MR) is 127 cm³/mol. The first-order chi connectivity index (χ1) is 15.4. The van der Waals surface area contributed by atoms with Gasteiger partial charge in [-0.15, -0.1) is 0 Å². The lowest BCUT2D eigenvalue weighted by molar-refractivity contribution is 0.102. The van der Waals surface area contributed by atoms with Crippen molar-refractivity contribution >= 4 is 28.3 Å². The highest BCUT2D eigenvalue weighted by Gasteiger charge is 2.10. The van der Waals surface area contributed by atoms with E-state index < -0.39 is 0 Å². The van der Waals surface area contributed by atoms with Gasteiger partial charge in [-0.05, 0) is 79.1 Å². The standard InChI is InChI=1S/C26H24N2O4/c1-16-4-13-23-19(14-24(29)32-25(23)17(16)2)15-27-20-7-5-18(6-8-20)26(30)28-21-9-11-22(31-3)12-10-21/h4-14,27H,15H2,1-3H3,(H,28,30). The normalized spacial score (nSPS) is 10.7. The highest BCUT2D eigenvalue weighted by Crippen LogP contribution is 2.24. The van der Waals surface area contributed by atoms with Crippen molar-refractivity contribution in [2.75, 3.05) is 17.7 Å². The quantitative estimate of drug-likeness (QED) is 0.408. The highest BCUT2D eigenvalue weighted by atomic mass is 16.5. The van der Waals surface area contributed by atoms with Gasteiger partial charge in [0, 0.05) is 34.9 Å². The predicted octanol–water partition coefficient (Wildman–Crippen LogP) is 5.28. The zero-order chi connectivity index (χ0) is 22.7. The molecule has 0 saturated heterocycles. The van der Waals surface area contributed by atoms with Crippen LogP contribution in [0.1, 0.15) is 27.0 Å². The molecule has 4 rings (SSSR count). The maximum Gasteiger partial charge on any atom is 0.336 e. The minimum atomic E-state index is -0.367. The molecular formula is C26H24N2O4. The summed E-state index contributed by atoms with van der Waals surface area (Å²) in [4.78, 5) is 24.5. The average molecular weight is 428 g/mol. The Hall–Kier alpha value is -4.06. The third-order valence-electron chi connectivity index (χ3n) is 5.50. The van der Waals surface area contributed by atoms with Crippen LogP contribution >= 0.6 is 0 Å². The molecule has 0 aliphatic carbocycles. The number of ether oxygens (including phenoxy) is 1. The van der Waals surface area contributed by atoms with Gasteiger partial charge in [0.25, 0.3) is 5.91 Å². The Labute approximate surface area is 185 Å². The van der Waals surface area contributed by atoms with Gasteiger partial charge in [-0.1, -0.05) is 12.1 Å². The van der Waals surface area contributed by atoms with E-state index >= 15 is 0 Å². The lowest BCUT2D eigenvalue weighted by Gasteiger charge is -2.11. The first-order valence-corrected chi connectivity index (χ1v) is 10.3. The number of benzene rings is 3. The molecule has 1 aromatic heterocycles. The number of carbonyl (C=O) groups is 1. The van der Waals surface area contributed by atoms with Crippen molar-refractivity contribution in [1.29, 1.82) is 0 Å². The number of methoxy groups -OCH3 is 1. The number of carbonyl (C=O) groups excluding carboxylic acids is 1. The lowest BCUT2D eigenvalue weighted by Crippen LogP contribution is -2.12. The van der Waals surface area contributed by atoms with Gasteiger partial charge in [0.1, 0.15) is 11.3 Å². The van der Waals surface area contributed by atoms with Crippen molar-refractivity contribution in [3.63, 3.8) is 0 Å². The van der Waals surface area contributed by atoms with Crippen LogP contribution in [0.2, 0.25) is 0 Å². The molecule has 0 saturated carbocycles. The molecule has 0 unspecified atom stereocenters. The van der Waals surface area contributed by atoms with Crippen LogP contribution in [-0.2, 0) is 6.54 Å². The van der Waals surface area contributed by atoms with E-state index in [4.69, 9.17) is 9.15 Å². The third-order valence-corrected chi connectivity index (χ3v) is 5.50. The van der Waals surface area contributed by atoms with Crippen molar-refractivity contribution in [3.05, 3.63) is 99.4 Å². The number of fused-ring (bicyclic) bond motifs is 1. The Kier molecular flexibility index (Phi) is 5.94. The van der Waals surface area contributed by atoms with Gasteiger partial charge in [0.2, 0.25) is 0 Å². The summed E-state index contributed by atoms with van der Waals surface area (Å²) in [6.07, 6.45) is 0. The Bertz CT molecular complexity index is 1320. The summed E-state index contributed by atoms with van der Waals surface area (Å²) in [5, 5.41) is 7.09. The first-order valence-electron chi connectivity index (χ1n) is 10.3. The molecule has 6 nitrogen and oxygen atoms in total. The summed E-state index contributed by atoms with van der Waals surface area (Å²) in [5.74, 6) is 0.534. The number of aryl methyl sites for hydroxylation is 2. The number of anilines is 2. The van der Waals surface area contributed by atoms with Crippen LogP contribution in [0.3, 0.4) is 0 Å². The van der Waals surface area contributed by atoms with Crippen molar-refractivity contribution in [1.82, 2.24) is 0 Å². The monoisotopic (exact) mass is 428 g/mol. The summed E-state index contributed by atoms with van der Waals surface area (Å²) in [7, 11) is 1.60. The zero-order valence-electron chi connectivity index (χ0n) is 18.2. The smallest absolute Gasteiger partial charge is 0.336 e. The van der Waals surface area contributed by atoms with Crippen molar-refractivity contribution in [3.8, 4) is 5.75 Å². The van der Waals surface area contributed by atoms with E-state index in [0.717, 1.165) is 33.5 Å². The maximum absolute atomic E-state index is 12.5. The van der Waals surface area contributed by atoms with Gasteiger partial charge in [-0.3, -0.25) is 4.79 Å². The minimum absolute atomic E-state index is 0.195. The van der Waals surface area contributed by atoms with Crippen LogP contribution in [0.5, 0.6) is 5.75 Å². The van der Waals surface area contributed by atoms with Gasteiger partial charge in [-0.2, -0.15) is 0 Å². The SMILES string of the molecule is COc1ccc(NC(=O)c2ccc(NCc3cc(=O)oc4c(C)c(C)ccc34)cc2)cc1. The molecule has 0 atom stereocenters. The number of amides is 1. The number of hydrogen-bond donors (Lipinski definition) is 2. The maximum atomic E-state index is 12.5. The molecule has 6 heteroatoms. The summed E-state index contributed by atoms with van der Waals surface area (Å²) in [6, 6.07) is 19.9. The topological polar surface area (TPSA) is 80.6 Å². The van der Waals surface area contributed by atoms with Crippen LogP contribution in [0.25, 0.3) is 11.0 Å². The average Bonchev–Trinajstić information content (AvgIpc) is 2.81. The van der Waals surface area contributed by atoms with Crippen LogP contribution in [0.4, 0.5) is 11.4 Å². The summed E-state index contributed by atoms with van der Waals surface area (Å²) >= 11 is 0. The fraction of sp³-hybridized carbons (Fsp3) is 0.154. The van der Waals surface area contributed by atoms with E-state index in [1.807, 2.05) is 38.1 Å². The number of nitrogens with one attached hydrogen (secondary N) is 2. The molecule has 1 heterocycles. The molecule has 2 N–H and O–H groups in total. The van der Waals surface area contributed by atoms with E-state index in [1.165, 1.54) is 6.07 Å². The second-order valence-electron chi connectivity index (χ2n) is 7.59. The lowest BCUT2D eigenvalue weighted by atomic mass is 10.0. The largest absolute Gasteiger partial charge is 0.497 e. The van der Waals surface area contributed by atoms with Crippen molar-refractivity contribution in [2.24, 2.45) is 0 Å². The Morgan fingerprint density at radius 3 is 2.31 bits per heavy atom.